The van der Waals surface area contributed by atoms with Crippen LogP contribution in [0.1, 0.15) is 25.1 Å². The van der Waals surface area contributed by atoms with E-state index >= 15 is 0 Å². The van der Waals surface area contributed by atoms with Gasteiger partial charge in [-0.05, 0) is 24.5 Å². The molecule has 0 aliphatic rings. The van der Waals surface area contributed by atoms with E-state index in [1.807, 2.05) is 0 Å². The fourth-order valence-electron chi connectivity index (χ4n) is 1.32. The summed E-state index contributed by atoms with van der Waals surface area (Å²) in [6.45, 7) is 5.10. The van der Waals surface area contributed by atoms with Crippen LogP contribution < -0.4 is 5.73 Å². The minimum Gasteiger partial charge on any atom is -0.326 e. The van der Waals surface area contributed by atoms with Crippen LogP contribution in [0, 0.1) is 5.92 Å². The molecule has 0 aliphatic heterocycles. The summed E-state index contributed by atoms with van der Waals surface area (Å²) in [7, 11) is -1.70. The third kappa shape index (κ3) is 3.77. The van der Waals surface area contributed by atoms with E-state index in [9.17, 15) is 8.42 Å². The monoisotopic (exact) mass is 276 g/mol. The van der Waals surface area contributed by atoms with Gasteiger partial charge in [-0.15, -0.1) is 11.3 Å². The third-order valence-electron chi connectivity index (χ3n) is 2.52. The Morgan fingerprint density at radius 1 is 1.41 bits per heavy atom. The largest absolute Gasteiger partial charge is 0.326 e. The highest BCUT2D eigenvalue weighted by Crippen LogP contribution is 2.24. The van der Waals surface area contributed by atoms with Crippen molar-refractivity contribution in [3.8, 4) is 0 Å². The second kappa shape index (κ2) is 5.95. The molecular weight excluding hydrogens is 256 g/mol. The first-order chi connectivity index (χ1) is 7.87. The van der Waals surface area contributed by atoms with Gasteiger partial charge in [-0.3, -0.25) is 0 Å². The molecule has 98 valence electrons. The molecule has 0 spiro atoms. The van der Waals surface area contributed by atoms with E-state index < -0.39 is 10.0 Å². The van der Waals surface area contributed by atoms with Crippen molar-refractivity contribution >= 4 is 21.4 Å². The van der Waals surface area contributed by atoms with E-state index in [2.05, 4.69) is 13.8 Å². The Balaban J connectivity index is 2.79. The second-order valence-corrected chi connectivity index (χ2v) is 7.87. The first-order valence-electron chi connectivity index (χ1n) is 5.63. The van der Waals surface area contributed by atoms with E-state index in [1.165, 1.54) is 15.6 Å². The Labute approximate surface area is 107 Å². The van der Waals surface area contributed by atoms with Gasteiger partial charge in [0.2, 0.25) is 0 Å². The maximum Gasteiger partial charge on any atom is 0.252 e. The van der Waals surface area contributed by atoms with Crippen molar-refractivity contribution in [1.82, 2.24) is 4.31 Å². The van der Waals surface area contributed by atoms with Crippen LogP contribution in [-0.4, -0.2) is 26.3 Å². The molecule has 0 amide bonds. The first-order valence-corrected chi connectivity index (χ1v) is 7.88. The maximum atomic E-state index is 12.2. The molecular formula is C11H20N2O2S2. The van der Waals surface area contributed by atoms with Gasteiger partial charge in [0.25, 0.3) is 10.0 Å². The molecule has 0 radical (unpaired) electrons. The smallest absolute Gasteiger partial charge is 0.252 e. The quantitative estimate of drug-likeness (QED) is 0.862. The number of thiophene rings is 1. The highest BCUT2D eigenvalue weighted by atomic mass is 32.2. The molecule has 0 fully saturated rings. The van der Waals surface area contributed by atoms with E-state index in [-0.39, 0.29) is 0 Å². The molecule has 1 rings (SSSR count). The molecule has 0 aliphatic carbocycles. The summed E-state index contributed by atoms with van der Waals surface area (Å²) in [5.41, 5.74) is 5.48. The Morgan fingerprint density at radius 2 is 2.06 bits per heavy atom. The number of nitrogens with zero attached hydrogens (tertiary/aromatic N) is 1. The maximum absolute atomic E-state index is 12.2. The van der Waals surface area contributed by atoms with Gasteiger partial charge in [-0.1, -0.05) is 13.8 Å². The van der Waals surface area contributed by atoms with Crippen LogP contribution in [0.2, 0.25) is 0 Å². The summed E-state index contributed by atoms with van der Waals surface area (Å²) in [4.78, 5) is 0.890. The highest BCUT2D eigenvalue weighted by Gasteiger charge is 2.22. The number of sulfonamides is 1. The Hall–Kier alpha value is -0.430. The molecule has 2 N–H and O–H groups in total. The van der Waals surface area contributed by atoms with Crippen molar-refractivity contribution in [2.45, 2.75) is 31.0 Å². The molecule has 0 aromatic carbocycles. The lowest BCUT2D eigenvalue weighted by Crippen LogP contribution is -2.28. The first kappa shape index (κ1) is 14.6. The van der Waals surface area contributed by atoms with Crippen molar-refractivity contribution in [2.75, 3.05) is 13.6 Å². The lowest BCUT2D eigenvalue weighted by atomic mass is 10.1. The van der Waals surface area contributed by atoms with Crippen LogP contribution in [0.15, 0.2) is 16.3 Å². The van der Waals surface area contributed by atoms with Gasteiger partial charge in [-0.2, -0.15) is 0 Å². The van der Waals surface area contributed by atoms with E-state index in [0.29, 0.717) is 23.2 Å². The van der Waals surface area contributed by atoms with Crippen molar-refractivity contribution in [2.24, 2.45) is 11.7 Å². The summed E-state index contributed by atoms with van der Waals surface area (Å²) >= 11 is 1.25. The fraction of sp³-hybridized carbons (Fsp3) is 0.636. The Bertz CT molecular complexity index is 452. The standard InChI is InChI=1S/C11H20N2O2S2/c1-9(2)6-7-13(3)17(14,15)11-5-4-10(8-12)16-11/h4-5,9H,6-8,12H2,1-3H3. The average Bonchev–Trinajstić information content (AvgIpc) is 2.74. The number of hydrogen-bond acceptors (Lipinski definition) is 4. The summed E-state index contributed by atoms with van der Waals surface area (Å²) in [6, 6.07) is 3.40. The van der Waals surface area contributed by atoms with Gasteiger partial charge in [-0.25, -0.2) is 12.7 Å². The van der Waals surface area contributed by atoms with Crippen molar-refractivity contribution in [3.63, 3.8) is 0 Å². The van der Waals surface area contributed by atoms with E-state index in [4.69, 9.17) is 5.73 Å². The second-order valence-electron chi connectivity index (χ2n) is 4.43. The van der Waals surface area contributed by atoms with Crippen LogP contribution in [0.5, 0.6) is 0 Å². The molecule has 6 heteroatoms. The third-order valence-corrected chi connectivity index (χ3v) is 5.96. The van der Waals surface area contributed by atoms with Gasteiger partial charge in [0.1, 0.15) is 4.21 Å². The lowest BCUT2D eigenvalue weighted by molar-refractivity contribution is 0.429. The van der Waals surface area contributed by atoms with Gasteiger partial charge < -0.3 is 5.73 Å². The van der Waals surface area contributed by atoms with Gasteiger partial charge in [0.05, 0.1) is 0 Å². The van der Waals surface area contributed by atoms with Crippen molar-refractivity contribution in [1.29, 1.82) is 0 Å². The number of rotatable bonds is 6. The van der Waals surface area contributed by atoms with Gasteiger partial charge >= 0.3 is 0 Å². The van der Waals surface area contributed by atoms with Gasteiger partial charge in [0, 0.05) is 25.0 Å². The minimum absolute atomic E-state index is 0.379. The number of nitrogens with two attached hydrogens (primary N) is 1. The summed E-state index contributed by atoms with van der Waals surface area (Å²) in [5.74, 6) is 0.496. The zero-order valence-corrected chi connectivity index (χ0v) is 12.1. The minimum atomic E-state index is -3.33. The van der Waals surface area contributed by atoms with Crippen LogP contribution in [0.4, 0.5) is 0 Å². The molecule has 0 saturated carbocycles. The molecule has 0 atom stereocenters. The Morgan fingerprint density at radius 3 is 2.53 bits per heavy atom. The molecule has 17 heavy (non-hydrogen) atoms. The van der Waals surface area contributed by atoms with Crippen LogP contribution in [0.3, 0.4) is 0 Å². The molecule has 0 saturated heterocycles. The topological polar surface area (TPSA) is 63.4 Å². The SMILES string of the molecule is CC(C)CCN(C)S(=O)(=O)c1ccc(CN)s1. The Kier molecular flexibility index (Phi) is 5.12. The predicted octanol–water partition coefficient (Wildman–Crippen LogP) is 1.87. The average molecular weight is 276 g/mol. The lowest BCUT2D eigenvalue weighted by Gasteiger charge is -2.16. The zero-order chi connectivity index (χ0) is 13.1. The van der Waals surface area contributed by atoms with Crippen LogP contribution in [-0.2, 0) is 16.6 Å². The van der Waals surface area contributed by atoms with Crippen LogP contribution in [0.25, 0.3) is 0 Å². The van der Waals surface area contributed by atoms with Gasteiger partial charge in [0.15, 0.2) is 0 Å². The van der Waals surface area contributed by atoms with Crippen molar-refractivity contribution < 1.29 is 8.42 Å². The van der Waals surface area contributed by atoms with Crippen LogP contribution >= 0.6 is 11.3 Å². The zero-order valence-electron chi connectivity index (χ0n) is 10.5. The molecule has 1 aromatic rings. The normalized spacial score (nSPS) is 12.6. The number of hydrogen-bond donors (Lipinski definition) is 1. The highest BCUT2D eigenvalue weighted by molar-refractivity contribution is 7.91. The summed E-state index contributed by atoms with van der Waals surface area (Å²) < 4.78 is 26.1. The molecule has 1 aromatic heterocycles. The molecule has 1 heterocycles. The fourth-order valence-corrected chi connectivity index (χ4v) is 3.95. The van der Waals surface area contributed by atoms with Crippen molar-refractivity contribution in [3.05, 3.63) is 17.0 Å². The summed E-state index contributed by atoms with van der Waals surface area (Å²) in [5, 5.41) is 0. The van der Waals surface area contributed by atoms with E-state index in [0.717, 1.165) is 11.3 Å². The van der Waals surface area contributed by atoms with E-state index in [1.54, 1.807) is 19.2 Å². The molecule has 4 nitrogen and oxygen atoms in total. The molecule has 0 unspecified atom stereocenters. The summed E-state index contributed by atoms with van der Waals surface area (Å²) in [6.07, 6.45) is 0.866. The molecule has 0 bridgehead atoms. The predicted molar refractivity (Wildman–Crippen MR) is 71.5 cm³/mol.